The largest absolute Gasteiger partial charge is 0.508 e. The zero-order valence-electron chi connectivity index (χ0n) is 7.71. The fraction of sp³-hybridized carbons (Fsp3) is 0.889. The molecule has 0 radical (unpaired) electrons. The topological polar surface area (TPSA) is 35.5 Å². The van der Waals surface area contributed by atoms with E-state index in [0.29, 0.717) is 12.5 Å². The van der Waals surface area contributed by atoms with Gasteiger partial charge in [0.05, 0.1) is 0 Å². The van der Waals surface area contributed by atoms with Gasteiger partial charge in [0.25, 0.3) is 0 Å². The van der Waals surface area contributed by atoms with Gasteiger partial charge >= 0.3 is 6.16 Å². The van der Waals surface area contributed by atoms with Crippen LogP contribution in [-0.2, 0) is 9.47 Å². The Balaban J connectivity index is 2.33. The average molecular weight is 172 g/mol. The Morgan fingerprint density at radius 1 is 1.58 bits per heavy atom. The van der Waals surface area contributed by atoms with Gasteiger partial charge in [-0.1, -0.05) is 26.7 Å². The molecule has 2 atom stereocenters. The fourth-order valence-corrected chi connectivity index (χ4v) is 1.33. The molecular formula is C9H16O3. The van der Waals surface area contributed by atoms with Gasteiger partial charge < -0.3 is 9.47 Å². The lowest BCUT2D eigenvalue weighted by Crippen LogP contribution is -2.35. The van der Waals surface area contributed by atoms with Crippen LogP contribution in [0.1, 0.15) is 33.1 Å². The molecule has 3 nitrogen and oxygen atoms in total. The standard InChI is InChI=1S/C9H16O3/c1-3-4-5-8-7(2)6-11-9(10)12-8/h7-8H,3-6H2,1-2H3. The van der Waals surface area contributed by atoms with Gasteiger partial charge in [-0.05, 0) is 6.42 Å². The number of carbonyl (C=O) groups excluding carboxylic acids is 1. The first kappa shape index (κ1) is 9.36. The summed E-state index contributed by atoms with van der Waals surface area (Å²) in [5.41, 5.74) is 0. The third kappa shape index (κ3) is 2.40. The zero-order chi connectivity index (χ0) is 8.97. The molecule has 1 heterocycles. The molecule has 70 valence electrons. The van der Waals surface area contributed by atoms with Crippen LogP contribution in [-0.4, -0.2) is 18.9 Å². The Morgan fingerprint density at radius 3 is 3.00 bits per heavy atom. The molecule has 0 saturated carbocycles. The van der Waals surface area contributed by atoms with Crippen LogP contribution in [0.25, 0.3) is 0 Å². The number of cyclic esters (lactones) is 2. The molecule has 0 amide bonds. The third-order valence-electron chi connectivity index (χ3n) is 2.19. The van der Waals surface area contributed by atoms with Crippen molar-refractivity contribution < 1.29 is 14.3 Å². The van der Waals surface area contributed by atoms with Crippen molar-refractivity contribution >= 4 is 6.16 Å². The molecule has 0 spiro atoms. The maximum Gasteiger partial charge on any atom is 0.508 e. The zero-order valence-corrected chi connectivity index (χ0v) is 7.71. The molecule has 0 aromatic carbocycles. The predicted molar refractivity (Wildman–Crippen MR) is 44.9 cm³/mol. The van der Waals surface area contributed by atoms with Crippen LogP contribution >= 0.6 is 0 Å². The summed E-state index contributed by atoms with van der Waals surface area (Å²) in [6, 6.07) is 0. The van der Waals surface area contributed by atoms with Crippen molar-refractivity contribution in [2.24, 2.45) is 5.92 Å². The van der Waals surface area contributed by atoms with Crippen LogP contribution < -0.4 is 0 Å². The first-order chi connectivity index (χ1) is 5.74. The van der Waals surface area contributed by atoms with E-state index in [1.54, 1.807) is 0 Å². The Bertz CT molecular complexity index is 156. The van der Waals surface area contributed by atoms with E-state index >= 15 is 0 Å². The van der Waals surface area contributed by atoms with E-state index in [1.807, 2.05) is 6.92 Å². The van der Waals surface area contributed by atoms with Gasteiger partial charge in [-0.25, -0.2) is 4.79 Å². The SMILES string of the molecule is CCCCC1OC(=O)OCC1C. The van der Waals surface area contributed by atoms with Crippen molar-refractivity contribution in [1.29, 1.82) is 0 Å². The summed E-state index contributed by atoms with van der Waals surface area (Å²) in [6.45, 7) is 4.69. The van der Waals surface area contributed by atoms with Gasteiger partial charge in [0, 0.05) is 5.92 Å². The summed E-state index contributed by atoms with van der Waals surface area (Å²) in [6.07, 6.45) is 2.79. The molecule has 0 aromatic heterocycles. The Hall–Kier alpha value is -0.730. The smallest absolute Gasteiger partial charge is 0.434 e. The van der Waals surface area contributed by atoms with Crippen LogP contribution in [0.3, 0.4) is 0 Å². The van der Waals surface area contributed by atoms with Crippen LogP contribution in [0.4, 0.5) is 4.79 Å². The van der Waals surface area contributed by atoms with Gasteiger partial charge in [0.2, 0.25) is 0 Å². The van der Waals surface area contributed by atoms with Crippen molar-refractivity contribution in [1.82, 2.24) is 0 Å². The third-order valence-corrected chi connectivity index (χ3v) is 2.19. The molecule has 3 heteroatoms. The van der Waals surface area contributed by atoms with E-state index in [9.17, 15) is 4.79 Å². The quantitative estimate of drug-likeness (QED) is 0.613. The maximum atomic E-state index is 10.7. The van der Waals surface area contributed by atoms with E-state index < -0.39 is 6.16 Å². The highest BCUT2D eigenvalue weighted by molar-refractivity contribution is 5.60. The Morgan fingerprint density at radius 2 is 2.33 bits per heavy atom. The van der Waals surface area contributed by atoms with E-state index in [-0.39, 0.29) is 6.10 Å². The van der Waals surface area contributed by atoms with Crippen LogP contribution in [0.5, 0.6) is 0 Å². The van der Waals surface area contributed by atoms with Gasteiger partial charge in [0.15, 0.2) is 0 Å². The predicted octanol–water partition coefficient (Wildman–Crippen LogP) is 2.35. The number of ether oxygens (including phenoxy) is 2. The van der Waals surface area contributed by atoms with Crippen LogP contribution in [0, 0.1) is 5.92 Å². The molecular weight excluding hydrogens is 156 g/mol. The van der Waals surface area contributed by atoms with E-state index in [1.165, 1.54) is 0 Å². The molecule has 1 rings (SSSR count). The summed E-state index contributed by atoms with van der Waals surface area (Å²) >= 11 is 0. The average Bonchev–Trinajstić information content (AvgIpc) is 2.07. The minimum atomic E-state index is -0.505. The molecule has 0 bridgehead atoms. The second kappa shape index (κ2) is 4.33. The first-order valence-electron chi connectivity index (χ1n) is 4.57. The number of unbranched alkanes of at least 4 members (excludes halogenated alkanes) is 1. The van der Waals surface area contributed by atoms with Crippen LogP contribution in [0.15, 0.2) is 0 Å². The van der Waals surface area contributed by atoms with Crippen molar-refractivity contribution in [3.05, 3.63) is 0 Å². The van der Waals surface area contributed by atoms with E-state index in [0.717, 1.165) is 19.3 Å². The summed E-state index contributed by atoms with van der Waals surface area (Å²) in [5.74, 6) is 0.342. The summed E-state index contributed by atoms with van der Waals surface area (Å²) < 4.78 is 9.78. The van der Waals surface area contributed by atoms with E-state index in [4.69, 9.17) is 9.47 Å². The minimum Gasteiger partial charge on any atom is -0.434 e. The monoisotopic (exact) mass is 172 g/mol. The molecule has 1 fully saturated rings. The number of hydrogen-bond acceptors (Lipinski definition) is 3. The molecule has 0 N–H and O–H groups in total. The lowest BCUT2D eigenvalue weighted by Gasteiger charge is -2.28. The minimum absolute atomic E-state index is 0.0752. The van der Waals surface area contributed by atoms with Gasteiger partial charge in [0.1, 0.15) is 12.7 Å². The second-order valence-electron chi connectivity index (χ2n) is 3.34. The van der Waals surface area contributed by atoms with Crippen LogP contribution in [0.2, 0.25) is 0 Å². The summed E-state index contributed by atoms with van der Waals surface area (Å²) in [7, 11) is 0. The Kier molecular flexibility index (Phi) is 3.38. The highest BCUT2D eigenvalue weighted by Gasteiger charge is 2.27. The van der Waals surface area contributed by atoms with E-state index in [2.05, 4.69) is 6.92 Å². The molecule has 1 saturated heterocycles. The lowest BCUT2D eigenvalue weighted by molar-refractivity contribution is -0.0568. The fourth-order valence-electron chi connectivity index (χ4n) is 1.33. The molecule has 0 aliphatic carbocycles. The van der Waals surface area contributed by atoms with Gasteiger partial charge in [-0.3, -0.25) is 0 Å². The number of rotatable bonds is 3. The highest BCUT2D eigenvalue weighted by atomic mass is 16.7. The summed E-state index contributed by atoms with van der Waals surface area (Å²) in [5, 5.41) is 0. The normalized spacial score (nSPS) is 29.3. The van der Waals surface area contributed by atoms with Gasteiger partial charge in [-0.2, -0.15) is 0 Å². The highest BCUT2D eigenvalue weighted by Crippen LogP contribution is 2.19. The first-order valence-corrected chi connectivity index (χ1v) is 4.57. The lowest BCUT2D eigenvalue weighted by atomic mass is 10.00. The van der Waals surface area contributed by atoms with Crippen molar-refractivity contribution in [3.63, 3.8) is 0 Å². The molecule has 1 aliphatic rings. The van der Waals surface area contributed by atoms with Gasteiger partial charge in [-0.15, -0.1) is 0 Å². The second-order valence-corrected chi connectivity index (χ2v) is 3.34. The van der Waals surface area contributed by atoms with Crippen molar-refractivity contribution in [2.75, 3.05) is 6.61 Å². The Labute approximate surface area is 73.0 Å². The molecule has 2 unspecified atom stereocenters. The maximum absolute atomic E-state index is 10.7. The molecule has 0 aromatic rings. The molecule has 12 heavy (non-hydrogen) atoms. The number of hydrogen-bond donors (Lipinski definition) is 0. The van der Waals surface area contributed by atoms with Crippen molar-refractivity contribution in [2.45, 2.75) is 39.2 Å². The molecule has 1 aliphatic heterocycles. The van der Waals surface area contributed by atoms with Crippen molar-refractivity contribution in [3.8, 4) is 0 Å². The number of carbonyl (C=O) groups is 1. The summed E-state index contributed by atoms with van der Waals surface area (Å²) in [4.78, 5) is 10.7.